The van der Waals surface area contributed by atoms with Gasteiger partial charge < -0.3 is 24.6 Å². The maximum absolute atomic E-state index is 11.3. The molecule has 4 N–H and O–H groups in total. The topological polar surface area (TPSA) is 147 Å². The highest BCUT2D eigenvalue weighted by atomic mass is 31.2. The molecule has 1 aromatic carbocycles. The zero-order valence-corrected chi connectivity index (χ0v) is 20.6. The molecule has 1 aliphatic heterocycles. The molecule has 0 bridgehead atoms. The Labute approximate surface area is 199 Å². The van der Waals surface area contributed by atoms with Crippen molar-refractivity contribution < 1.29 is 23.7 Å². The van der Waals surface area contributed by atoms with Gasteiger partial charge in [-0.1, -0.05) is 32.0 Å². The molecule has 11 nitrogen and oxygen atoms in total. The number of nitrogens with one attached hydrogen (secondary N) is 1. The molecule has 12 heteroatoms. The molecule has 0 saturated carbocycles. The molecule has 1 fully saturated rings. The molecule has 4 rings (SSSR count). The molecular formula is C22H31N6O5P. The first-order chi connectivity index (χ1) is 16.4. The first kappa shape index (κ1) is 25.8. The molecule has 5 unspecified atom stereocenters. The Morgan fingerprint density at radius 2 is 1.97 bits per heavy atom. The van der Waals surface area contributed by atoms with Gasteiger partial charge in [0, 0.05) is 0 Å². The van der Waals surface area contributed by atoms with Gasteiger partial charge in [0.2, 0.25) is 0 Å². The van der Waals surface area contributed by atoms with E-state index in [0.29, 0.717) is 22.7 Å². The van der Waals surface area contributed by atoms with Crippen LogP contribution in [0.2, 0.25) is 0 Å². The molecule has 0 amide bonds. The second-order valence-electron chi connectivity index (χ2n) is 7.45. The van der Waals surface area contributed by atoms with E-state index in [4.69, 9.17) is 19.5 Å². The second-order valence-corrected chi connectivity index (χ2v) is 8.62. The smallest absolute Gasteiger partial charge is 0.320 e. The van der Waals surface area contributed by atoms with Gasteiger partial charge in [-0.15, -0.1) is 0 Å². The Morgan fingerprint density at radius 3 is 2.68 bits per heavy atom. The van der Waals surface area contributed by atoms with Crippen molar-refractivity contribution in [1.82, 2.24) is 24.6 Å². The Kier molecular flexibility index (Phi) is 9.12. The third-order valence-electron chi connectivity index (χ3n) is 5.11. The summed E-state index contributed by atoms with van der Waals surface area (Å²) in [6.45, 7) is 7.43. The fourth-order valence-corrected chi connectivity index (χ4v) is 4.70. The Hall–Kier alpha value is -2.85. The molecule has 0 spiro atoms. The van der Waals surface area contributed by atoms with Crippen LogP contribution in [0.4, 0.5) is 5.82 Å². The summed E-state index contributed by atoms with van der Waals surface area (Å²) >= 11 is 0. The Bertz CT molecular complexity index is 1070. The number of para-hydroxylation sites is 1. The highest BCUT2D eigenvalue weighted by Gasteiger charge is 2.34. The molecule has 2 aromatic heterocycles. The molecule has 0 radical (unpaired) electrons. The number of hydrogen-bond donors (Lipinski definition) is 3. The number of aromatic nitrogens is 4. The molecule has 1 aliphatic rings. The second kappa shape index (κ2) is 12.0. The first-order valence-electron chi connectivity index (χ1n) is 11.2. The standard InChI is InChI=1S/C20H25N6O5P.C2H6/c1-12(20(27)28)25-32(31-14-6-4-3-5-7-14)30-13(2)15-8-9-16(29-15)26-11-24-17-18(21)22-10-23-19(17)26;1-2/h3-7,10-13,15-16,25H,8-9H2,1-2H3,(H,27,28)(H2,21,22,23);1-2H3. The van der Waals surface area contributed by atoms with E-state index in [1.165, 1.54) is 6.33 Å². The summed E-state index contributed by atoms with van der Waals surface area (Å²) in [6, 6.07) is 8.28. The van der Waals surface area contributed by atoms with Crippen molar-refractivity contribution in [2.45, 2.75) is 65.0 Å². The quantitative estimate of drug-likeness (QED) is 0.378. The van der Waals surface area contributed by atoms with Crippen molar-refractivity contribution in [3.63, 3.8) is 0 Å². The van der Waals surface area contributed by atoms with E-state index in [2.05, 4.69) is 20.0 Å². The number of carbonyl (C=O) groups is 1. The fourth-order valence-electron chi connectivity index (χ4n) is 3.36. The molecule has 5 atom stereocenters. The van der Waals surface area contributed by atoms with Gasteiger partial charge in [0.05, 0.1) is 18.5 Å². The van der Waals surface area contributed by atoms with Crippen LogP contribution < -0.4 is 15.3 Å². The summed E-state index contributed by atoms with van der Waals surface area (Å²) in [7, 11) is -1.72. The highest BCUT2D eigenvalue weighted by Crippen LogP contribution is 2.41. The number of nitrogen functional groups attached to an aromatic ring is 1. The number of benzene rings is 1. The maximum Gasteiger partial charge on any atom is 0.320 e. The molecule has 34 heavy (non-hydrogen) atoms. The minimum atomic E-state index is -1.72. The summed E-state index contributed by atoms with van der Waals surface area (Å²) in [4.78, 5) is 23.9. The van der Waals surface area contributed by atoms with Gasteiger partial charge in [-0.3, -0.25) is 9.36 Å². The van der Waals surface area contributed by atoms with Crippen molar-refractivity contribution in [3.8, 4) is 5.75 Å². The van der Waals surface area contributed by atoms with E-state index >= 15 is 0 Å². The lowest BCUT2D eigenvalue weighted by molar-refractivity contribution is -0.138. The zero-order chi connectivity index (χ0) is 24.7. The third kappa shape index (κ3) is 6.18. The van der Waals surface area contributed by atoms with Crippen LogP contribution in [0.5, 0.6) is 5.75 Å². The molecule has 3 heterocycles. The third-order valence-corrected chi connectivity index (χ3v) is 6.61. The number of imidazole rings is 1. The van der Waals surface area contributed by atoms with Crippen LogP contribution in [0.3, 0.4) is 0 Å². The maximum atomic E-state index is 11.3. The van der Waals surface area contributed by atoms with Gasteiger partial charge in [0.15, 0.2) is 11.5 Å². The molecule has 184 valence electrons. The van der Waals surface area contributed by atoms with E-state index < -0.39 is 20.5 Å². The molecule has 0 aliphatic carbocycles. The van der Waals surface area contributed by atoms with Gasteiger partial charge in [-0.2, -0.15) is 0 Å². The predicted molar refractivity (Wildman–Crippen MR) is 129 cm³/mol. The van der Waals surface area contributed by atoms with Crippen LogP contribution in [0.1, 0.15) is 46.8 Å². The van der Waals surface area contributed by atoms with Crippen molar-refractivity contribution >= 4 is 31.5 Å². The summed E-state index contributed by atoms with van der Waals surface area (Å²) in [5.41, 5.74) is 7.03. The molecule has 1 saturated heterocycles. The van der Waals surface area contributed by atoms with Crippen LogP contribution in [0.15, 0.2) is 43.0 Å². The van der Waals surface area contributed by atoms with E-state index in [0.717, 1.165) is 12.8 Å². The fraction of sp³-hybridized carbons (Fsp3) is 0.455. The first-order valence-corrected chi connectivity index (χ1v) is 12.4. The van der Waals surface area contributed by atoms with E-state index in [1.807, 2.05) is 43.5 Å². The summed E-state index contributed by atoms with van der Waals surface area (Å²) < 4.78 is 20.1. The number of hydrogen-bond acceptors (Lipinski definition) is 9. The number of nitrogens with two attached hydrogens (primary N) is 1. The van der Waals surface area contributed by atoms with Gasteiger partial charge in [-0.25, -0.2) is 20.0 Å². The largest absolute Gasteiger partial charge is 0.480 e. The number of ether oxygens (including phenoxy) is 1. The normalized spacial score (nSPS) is 20.2. The zero-order valence-electron chi connectivity index (χ0n) is 19.7. The number of rotatable bonds is 9. The number of fused-ring (bicyclic) bond motifs is 1. The van der Waals surface area contributed by atoms with Crippen molar-refractivity contribution in [2.75, 3.05) is 5.73 Å². The number of aliphatic carboxylic acids is 1. The van der Waals surface area contributed by atoms with Crippen molar-refractivity contribution in [1.29, 1.82) is 0 Å². The predicted octanol–water partition coefficient (Wildman–Crippen LogP) is 3.89. The van der Waals surface area contributed by atoms with Gasteiger partial charge >= 0.3 is 14.5 Å². The lowest BCUT2D eigenvalue weighted by Crippen LogP contribution is -2.34. The Balaban J connectivity index is 0.00000158. The minimum Gasteiger partial charge on any atom is -0.480 e. The monoisotopic (exact) mass is 490 g/mol. The lowest BCUT2D eigenvalue weighted by Gasteiger charge is -2.27. The van der Waals surface area contributed by atoms with Crippen molar-refractivity contribution in [3.05, 3.63) is 43.0 Å². The van der Waals surface area contributed by atoms with Crippen LogP contribution >= 0.6 is 8.53 Å². The van der Waals surface area contributed by atoms with E-state index in [-0.39, 0.29) is 18.4 Å². The van der Waals surface area contributed by atoms with E-state index in [1.54, 1.807) is 25.4 Å². The number of nitrogens with zero attached hydrogens (tertiary/aromatic N) is 4. The summed E-state index contributed by atoms with van der Waals surface area (Å²) in [5, 5.41) is 12.2. The summed E-state index contributed by atoms with van der Waals surface area (Å²) in [6.07, 6.45) is 3.70. The number of carboxylic acid groups (broad SMARTS) is 1. The van der Waals surface area contributed by atoms with Crippen LogP contribution in [0.25, 0.3) is 11.2 Å². The van der Waals surface area contributed by atoms with Crippen molar-refractivity contribution in [2.24, 2.45) is 0 Å². The average molecular weight is 491 g/mol. The number of anilines is 1. The van der Waals surface area contributed by atoms with Gasteiger partial charge in [0.25, 0.3) is 0 Å². The molecule has 3 aromatic rings. The lowest BCUT2D eigenvalue weighted by atomic mass is 10.1. The van der Waals surface area contributed by atoms with E-state index in [9.17, 15) is 9.90 Å². The van der Waals surface area contributed by atoms with Crippen LogP contribution in [0, 0.1) is 0 Å². The average Bonchev–Trinajstić information content (AvgIpc) is 3.49. The number of carboxylic acids is 1. The molecular weight excluding hydrogens is 459 g/mol. The van der Waals surface area contributed by atoms with Gasteiger partial charge in [-0.05, 0) is 38.8 Å². The SMILES string of the molecule is CC.CC(NP(Oc1ccccc1)OC(C)C1CCC(n2cnc3c(N)ncnc32)O1)C(=O)O. The highest BCUT2D eigenvalue weighted by molar-refractivity contribution is 7.45. The van der Waals surface area contributed by atoms with Gasteiger partial charge in [0.1, 0.15) is 29.9 Å². The minimum absolute atomic E-state index is 0.219. The Morgan fingerprint density at radius 1 is 1.24 bits per heavy atom. The van der Waals surface area contributed by atoms with Crippen LogP contribution in [-0.4, -0.2) is 48.8 Å². The summed E-state index contributed by atoms with van der Waals surface area (Å²) in [5.74, 6) is -0.0820. The van der Waals surface area contributed by atoms with Crippen LogP contribution in [-0.2, 0) is 14.1 Å².